The number of nitro benzene ring substituents is 1. The van der Waals surface area contributed by atoms with Gasteiger partial charge in [-0.1, -0.05) is 0 Å². The monoisotopic (exact) mass is 291 g/mol. The second-order valence-corrected chi connectivity index (χ2v) is 4.14. The summed E-state index contributed by atoms with van der Waals surface area (Å²) < 4.78 is 18.9. The highest BCUT2D eigenvalue weighted by Gasteiger charge is 2.19. The predicted molar refractivity (Wildman–Crippen MR) is 72.0 cm³/mol. The van der Waals surface area contributed by atoms with E-state index in [1.54, 1.807) is 0 Å². The number of nitrogens with zero attached hydrogens (tertiary/aromatic N) is 1. The summed E-state index contributed by atoms with van der Waals surface area (Å²) in [4.78, 5) is 21.2. The molecule has 0 heterocycles. The van der Waals surface area contributed by atoms with E-state index >= 15 is 0 Å². The number of carboxylic acids is 1. The number of carbonyl (C=O) groups is 1. The molecule has 0 spiro atoms. The number of benzene rings is 2. The van der Waals surface area contributed by atoms with Crippen molar-refractivity contribution >= 4 is 11.7 Å². The van der Waals surface area contributed by atoms with Crippen LogP contribution < -0.4 is 4.74 Å². The van der Waals surface area contributed by atoms with Gasteiger partial charge in [-0.15, -0.1) is 0 Å². The highest BCUT2D eigenvalue weighted by molar-refractivity contribution is 5.97. The third-order valence-electron chi connectivity index (χ3n) is 2.91. The van der Waals surface area contributed by atoms with E-state index in [0.717, 1.165) is 18.2 Å². The summed E-state index contributed by atoms with van der Waals surface area (Å²) in [7, 11) is 1.38. The van der Waals surface area contributed by atoms with Crippen LogP contribution in [-0.4, -0.2) is 23.1 Å². The van der Waals surface area contributed by atoms with Gasteiger partial charge in [-0.2, -0.15) is 0 Å². The van der Waals surface area contributed by atoms with Gasteiger partial charge >= 0.3 is 5.97 Å². The number of hydrogen-bond acceptors (Lipinski definition) is 4. The van der Waals surface area contributed by atoms with Gasteiger partial charge in [-0.25, -0.2) is 9.18 Å². The number of rotatable bonds is 4. The molecule has 1 N–H and O–H groups in total. The average molecular weight is 291 g/mol. The van der Waals surface area contributed by atoms with Crippen molar-refractivity contribution in [1.82, 2.24) is 0 Å². The topological polar surface area (TPSA) is 89.7 Å². The number of non-ortho nitro benzene ring substituents is 1. The van der Waals surface area contributed by atoms with Crippen molar-refractivity contribution in [3.05, 3.63) is 57.9 Å². The fraction of sp³-hybridized carbons (Fsp3) is 0.0714. The molecule has 2 aromatic rings. The zero-order valence-corrected chi connectivity index (χ0v) is 10.9. The first-order chi connectivity index (χ1) is 9.93. The Morgan fingerprint density at radius 3 is 2.43 bits per heavy atom. The normalized spacial score (nSPS) is 10.2. The first-order valence-electron chi connectivity index (χ1n) is 5.79. The molecule has 0 aliphatic rings. The summed E-state index contributed by atoms with van der Waals surface area (Å²) in [6.07, 6.45) is 0. The number of nitro groups is 1. The van der Waals surface area contributed by atoms with Gasteiger partial charge in [0.15, 0.2) is 0 Å². The van der Waals surface area contributed by atoms with Crippen molar-refractivity contribution < 1.29 is 24.0 Å². The van der Waals surface area contributed by atoms with Gasteiger partial charge in [0.05, 0.1) is 17.6 Å². The third kappa shape index (κ3) is 2.81. The molecule has 0 saturated carbocycles. The maximum absolute atomic E-state index is 14.0. The molecule has 0 fully saturated rings. The molecule has 2 aromatic carbocycles. The van der Waals surface area contributed by atoms with Crippen LogP contribution in [0, 0.1) is 15.9 Å². The Hall–Kier alpha value is -2.96. The van der Waals surface area contributed by atoms with Crippen LogP contribution >= 0.6 is 0 Å². The lowest BCUT2D eigenvalue weighted by Gasteiger charge is -2.09. The fourth-order valence-corrected chi connectivity index (χ4v) is 1.90. The summed E-state index contributed by atoms with van der Waals surface area (Å²) in [5.74, 6) is -1.76. The van der Waals surface area contributed by atoms with Crippen LogP contribution in [0.15, 0.2) is 36.4 Å². The van der Waals surface area contributed by atoms with E-state index in [1.807, 2.05) is 0 Å². The Kier molecular flexibility index (Phi) is 3.84. The second kappa shape index (κ2) is 5.58. The van der Waals surface area contributed by atoms with Crippen molar-refractivity contribution in [2.45, 2.75) is 0 Å². The first-order valence-corrected chi connectivity index (χ1v) is 5.79. The van der Waals surface area contributed by atoms with E-state index in [4.69, 9.17) is 9.84 Å². The summed E-state index contributed by atoms with van der Waals surface area (Å²) in [6, 6.07) is 7.20. The largest absolute Gasteiger partial charge is 0.497 e. The van der Waals surface area contributed by atoms with Crippen LogP contribution in [-0.2, 0) is 0 Å². The molecule has 6 nitrogen and oxygen atoms in total. The van der Waals surface area contributed by atoms with Crippen molar-refractivity contribution in [3.8, 4) is 16.9 Å². The van der Waals surface area contributed by atoms with Crippen molar-refractivity contribution in [1.29, 1.82) is 0 Å². The molecule has 0 unspecified atom stereocenters. The maximum Gasteiger partial charge on any atom is 0.336 e. The number of ether oxygens (including phenoxy) is 1. The van der Waals surface area contributed by atoms with Gasteiger partial charge in [0, 0.05) is 23.8 Å². The highest BCUT2D eigenvalue weighted by Crippen LogP contribution is 2.31. The number of aromatic carboxylic acids is 1. The molecule has 0 atom stereocenters. The number of carboxylic acid groups (broad SMARTS) is 1. The van der Waals surface area contributed by atoms with E-state index in [2.05, 4.69) is 0 Å². The molecule has 0 aliphatic carbocycles. The number of halogens is 1. The molecule has 0 radical (unpaired) electrons. The smallest absolute Gasteiger partial charge is 0.336 e. The molecule has 7 heteroatoms. The summed E-state index contributed by atoms with van der Waals surface area (Å²) in [6.45, 7) is 0. The maximum atomic E-state index is 14.0. The molecule has 2 rings (SSSR count). The van der Waals surface area contributed by atoms with E-state index in [-0.39, 0.29) is 28.1 Å². The molecule has 0 saturated heterocycles. The summed E-state index contributed by atoms with van der Waals surface area (Å²) >= 11 is 0. The Balaban J connectivity index is 2.63. The van der Waals surface area contributed by atoms with Crippen molar-refractivity contribution in [3.63, 3.8) is 0 Å². The third-order valence-corrected chi connectivity index (χ3v) is 2.91. The molecule has 0 bridgehead atoms. The highest BCUT2D eigenvalue weighted by atomic mass is 19.1. The second-order valence-electron chi connectivity index (χ2n) is 4.14. The Labute approximate surface area is 118 Å². The van der Waals surface area contributed by atoms with Crippen molar-refractivity contribution in [2.24, 2.45) is 0 Å². The van der Waals surface area contributed by atoms with Crippen LogP contribution in [0.3, 0.4) is 0 Å². The van der Waals surface area contributed by atoms with Gasteiger partial charge < -0.3 is 9.84 Å². The summed E-state index contributed by atoms with van der Waals surface area (Å²) in [5, 5.41) is 19.9. The Bertz CT molecular complexity index is 729. The predicted octanol–water partition coefficient (Wildman–Crippen LogP) is 3.11. The zero-order valence-electron chi connectivity index (χ0n) is 10.9. The fourth-order valence-electron chi connectivity index (χ4n) is 1.90. The quantitative estimate of drug-likeness (QED) is 0.690. The van der Waals surface area contributed by atoms with Gasteiger partial charge in [0.2, 0.25) is 0 Å². The zero-order chi connectivity index (χ0) is 15.6. The lowest BCUT2D eigenvalue weighted by Crippen LogP contribution is -2.02. The minimum atomic E-state index is -1.37. The molecule has 0 aliphatic heterocycles. The molecular formula is C14H10FNO5. The van der Waals surface area contributed by atoms with Gasteiger partial charge in [0.25, 0.3) is 5.69 Å². The van der Waals surface area contributed by atoms with Gasteiger partial charge in [0.1, 0.15) is 11.6 Å². The minimum Gasteiger partial charge on any atom is -0.497 e. The van der Waals surface area contributed by atoms with Crippen LogP contribution in [0.4, 0.5) is 10.1 Å². The Morgan fingerprint density at radius 1 is 1.24 bits per heavy atom. The van der Waals surface area contributed by atoms with Crippen LogP contribution in [0.1, 0.15) is 10.4 Å². The van der Waals surface area contributed by atoms with E-state index in [0.29, 0.717) is 0 Å². The lowest BCUT2D eigenvalue weighted by atomic mass is 9.98. The SMILES string of the molecule is COc1ccc(-c2ccc([N+](=O)[O-])cc2C(=O)O)c(F)c1. The first kappa shape index (κ1) is 14.4. The Morgan fingerprint density at radius 2 is 1.90 bits per heavy atom. The number of methoxy groups -OCH3 is 1. The van der Waals surface area contributed by atoms with Crippen molar-refractivity contribution in [2.75, 3.05) is 7.11 Å². The van der Waals surface area contributed by atoms with Crippen LogP contribution in [0.5, 0.6) is 5.75 Å². The molecule has 108 valence electrons. The minimum absolute atomic E-state index is 0.0306. The summed E-state index contributed by atoms with van der Waals surface area (Å²) in [5.41, 5.74) is -0.616. The van der Waals surface area contributed by atoms with Gasteiger partial charge in [-0.05, 0) is 23.8 Å². The average Bonchev–Trinajstić information content (AvgIpc) is 2.46. The van der Waals surface area contributed by atoms with E-state index in [9.17, 15) is 19.3 Å². The standard InChI is InChI=1S/C14H10FNO5/c1-21-9-3-5-11(13(15)7-9)10-4-2-8(16(19)20)6-12(10)14(17)18/h2-7H,1H3,(H,17,18). The van der Waals surface area contributed by atoms with E-state index in [1.165, 1.54) is 25.3 Å². The molecule has 0 aromatic heterocycles. The van der Waals surface area contributed by atoms with Crippen LogP contribution in [0.2, 0.25) is 0 Å². The molecule has 21 heavy (non-hydrogen) atoms. The van der Waals surface area contributed by atoms with Gasteiger partial charge in [-0.3, -0.25) is 10.1 Å². The molecular weight excluding hydrogens is 281 g/mol. The van der Waals surface area contributed by atoms with E-state index < -0.39 is 16.7 Å². The number of hydrogen-bond donors (Lipinski definition) is 1. The lowest BCUT2D eigenvalue weighted by molar-refractivity contribution is -0.384. The molecule has 0 amide bonds. The van der Waals surface area contributed by atoms with Crippen LogP contribution in [0.25, 0.3) is 11.1 Å².